The number of imide groups is 1. The molecule has 0 aromatic rings. The molecule has 0 radical (unpaired) electrons. The molecule has 0 saturated carbocycles. The first-order valence-electron chi connectivity index (χ1n) is 2.31. The molecule has 5 heteroatoms. The number of amides is 2. The number of halogens is 1. The molecule has 1 N–H and O–H groups in total. The van der Waals surface area contributed by atoms with E-state index in [1.54, 1.807) is 5.32 Å². The zero-order chi connectivity index (χ0) is 8.15. The van der Waals surface area contributed by atoms with Gasteiger partial charge in [0.05, 0.1) is 12.1 Å². The summed E-state index contributed by atoms with van der Waals surface area (Å²) < 4.78 is 4.10. The fourth-order valence-electron chi connectivity index (χ4n) is 0.212. The predicted molar refractivity (Wildman–Crippen MR) is 35.5 cm³/mol. The molecular formula is C5H6ClNO3. The highest BCUT2D eigenvalue weighted by Gasteiger charge is 2.07. The molecule has 0 heterocycles. The van der Waals surface area contributed by atoms with E-state index in [0.717, 1.165) is 7.11 Å². The van der Waals surface area contributed by atoms with Crippen LogP contribution in [0.25, 0.3) is 0 Å². The van der Waals surface area contributed by atoms with Crippen LogP contribution in [0.4, 0.5) is 4.79 Å². The zero-order valence-corrected chi connectivity index (χ0v) is 6.07. The Bertz CT molecular complexity index is 178. The minimum Gasteiger partial charge on any atom is -0.453 e. The molecule has 0 saturated heterocycles. The van der Waals surface area contributed by atoms with Gasteiger partial charge in [-0.25, -0.2) is 4.79 Å². The summed E-state index contributed by atoms with van der Waals surface area (Å²) in [7, 11) is 1.14. The molecule has 0 aromatic heterocycles. The van der Waals surface area contributed by atoms with Crippen LogP contribution < -0.4 is 5.32 Å². The number of carbonyl (C=O) groups excluding carboxylic acids is 2. The molecule has 4 nitrogen and oxygen atoms in total. The Kier molecular flexibility index (Phi) is 3.49. The molecule has 0 rings (SSSR count). The van der Waals surface area contributed by atoms with Crippen molar-refractivity contribution in [2.24, 2.45) is 0 Å². The first-order valence-corrected chi connectivity index (χ1v) is 2.69. The molecule has 0 aliphatic carbocycles. The summed E-state index contributed by atoms with van der Waals surface area (Å²) >= 11 is 5.12. The number of rotatable bonds is 1. The van der Waals surface area contributed by atoms with Crippen LogP contribution in [0.5, 0.6) is 0 Å². The topological polar surface area (TPSA) is 55.4 Å². The summed E-state index contributed by atoms with van der Waals surface area (Å²) in [5.74, 6) is -0.756. The van der Waals surface area contributed by atoms with Crippen LogP contribution in [0.1, 0.15) is 0 Å². The molecule has 0 aliphatic heterocycles. The molecule has 0 unspecified atom stereocenters. The van der Waals surface area contributed by atoms with Crippen LogP contribution >= 0.6 is 11.6 Å². The van der Waals surface area contributed by atoms with Crippen molar-refractivity contribution in [2.45, 2.75) is 0 Å². The van der Waals surface area contributed by atoms with Gasteiger partial charge in [-0.15, -0.1) is 0 Å². The highest BCUT2D eigenvalue weighted by Crippen LogP contribution is 1.94. The van der Waals surface area contributed by atoms with Crippen LogP contribution in [0.2, 0.25) is 0 Å². The molecule has 2 amide bonds. The summed E-state index contributed by atoms with van der Waals surface area (Å²) in [6.45, 7) is 3.09. The number of ether oxygens (including phenoxy) is 1. The highest BCUT2D eigenvalue weighted by molar-refractivity contribution is 6.42. The standard InChI is InChI=1S/C5H6ClNO3/c1-3(6)4(8)7-5(9)10-2/h1H2,2H3,(H,7,8,9). The smallest absolute Gasteiger partial charge is 0.413 e. The molecule has 0 aliphatic rings. The lowest BCUT2D eigenvalue weighted by Crippen LogP contribution is -2.29. The number of hydrogen-bond donors (Lipinski definition) is 1. The van der Waals surface area contributed by atoms with Gasteiger partial charge >= 0.3 is 6.09 Å². The highest BCUT2D eigenvalue weighted by atomic mass is 35.5. The van der Waals surface area contributed by atoms with Gasteiger partial charge in [0, 0.05) is 0 Å². The van der Waals surface area contributed by atoms with E-state index < -0.39 is 12.0 Å². The second-order valence-electron chi connectivity index (χ2n) is 1.35. The van der Waals surface area contributed by atoms with Crippen molar-refractivity contribution in [3.63, 3.8) is 0 Å². The van der Waals surface area contributed by atoms with Gasteiger partial charge in [-0.3, -0.25) is 10.1 Å². The Morgan fingerprint density at radius 2 is 2.10 bits per heavy atom. The van der Waals surface area contributed by atoms with Crippen LogP contribution in [0, 0.1) is 0 Å². The number of nitrogens with one attached hydrogen (secondary N) is 1. The summed E-state index contributed by atoms with van der Waals surface area (Å²) in [4.78, 5) is 20.7. The molecule has 56 valence electrons. The second-order valence-corrected chi connectivity index (χ2v) is 1.81. The van der Waals surface area contributed by atoms with Gasteiger partial charge in [-0.1, -0.05) is 18.2 Å². The maximum absolute atomic E-state index is 10.5. The van der Waals surface area contributed by atoms with E-state index in [9.17, 15) is 9.59 Å². The van der Waals surface area contributed by atoms with E-state index in [1.807, 2.05) is 0 Å². The van der Waals surface area contributed by atoms with Crippen molar-refractivity contribution in [1.29, 1.82) is 0 Å². The minimum atomic E-state index is -0.855. The third-order valence-electron chi connectivity index (χ3n) is 0.647. The van der Waals surface area contributed by atoms with Crippen LogP contribution in [-0.4, -0.2) is 19.1 Å². The molecular weight excluding hydrogens is 158 g/mol. The van der Waals surface area contributed by atoms with Crippen LogP contribution in [0.3, 0.4) is 0 Å². The monoisotopic (exact) mass is 163 g/mol. The third-order valence-corrected chi connectivity index (χ3v) is 0.819. The van der Waals surface area contributed by atoms with Gasteiger partial charge in [-0.2, -0.15) is 0 Å². The van der Waals surface area contributed by atoms with Crippen molar-refractivity contribution in [3.05, 3.63) is 11.6 Å². The molecule has 0 aromatic carbocycles. The minimum absolute atomic E-state index is 0.259. The van der Waals surface area contributed by atoms with Crippen molar-refractivity contribution in [2.75, 3.05) is 7.11 Å². The Morgan fingerprint density at radius 3 is 2.40 bits per heavy atom. The molecule has 0 fully saturated rings. The van der Waals surface area contributed by atoms with Gasteiger partial charge in [0.2, 0.25) is 0 Å². The molecule has 0 atom stereocenters. The molecule has 0 bridgehead atoms. The SMILES string of the molecule is C=C(Cl)C(=O)NC(=O)OC. The normalized spacial score (nSPS) is 8.20. The third kappa shape index (κ3) is 3.09. The molecule has 10 heavy (non-hydrogen) atoms. The predicted octanol–water partition coefficient (Wildman–Crippen LogP) is 0.621. The van der Waals surface area contributed by atoms with Gasteiger partial charge in [0.1, 0.15) is 0 Å². The lowest BCUT2D eigenvalue weighted by molar-refractivity contribution is -0.116. The maximum Gasteiger partial charge on any atom is 0.413 e. The Hall–Kier alpha value is -1.03. The number of carbonyl (C=O) groups is 2. The van der Waals surface area contributed by atoms with Crippen molar-refractivity contribution in [3.8, 4) is 0 Å². The van der Waals surface area contributed by atoms with Crippen LogP contribution in [0.15, 0.2) is 11.6 Å². The number of alkyl carbamates (subject to hydrolysis) is 1. The Labute approximate surface area is 62.8 Å². The van der Waals surface area contributed by atoms with Crippen LogP contribution in [-0.2, 0) is 9.53 Å². The molecule has 0 spiro atoms. The van der Waals surface area contributed by atoms with E-state index in [1.165, 1.54) is 0 Å². The fourth-order valence-corrected chi connectivity index (χ4v) is 0.259. The van der Waals surface area contributed by atoms with E-state index in [-0.39, 0.29) is 5.03 Å². The van der Waals surface area contributed by atoms with Gasteiger partial charge < -0.3 is 4.74 Å². The fraction of sp³-hybridized carbons (Fsp3) is 0.200. The lowest BCUT2D eigenvalue weighted by Gasteiger charge is -1.98. The summed E-state index contributed by atoms with van der Waals surface area (Å²) in [6, 6.07) is 0. The van der Waals surface area contributed by atoms with Crippen molar-refractivity contribution < 1.29 is 14.3 Å². The van der Waals surface area contributed by atoms with Crippen molar-refractivity contribution in [1.82, 2.24) is 5.32 Å². The van der Waals surface area contributed by atoms with E-state index in [0.29, 0.717) is 0 Å². The number of methoxy groups -OCH3 is 1. The average Bonchev–Trinajstić information content (AvgIpc) is 1.87. The summed E-state index contributed by atoms with van der Waals surface area (Å²) in [6.07, 6.45) is -0.855. The van der Waals surface area contributed by atoms with E-state index >= 15 is 0 Å². The Balaban J connectivity index is 3.80. The quantitative estimate of drug-likeness (QED) is 0.577. The van der Waals surface area contributed by atoms with Crippen molar-refractivity contribution >= 4 is 23.6 Å². The maximum atomic E-state index is 10.5. The summed E-state index contributed by atoms with van der Waals surface area (Å²) in [5, 5.41) is 1.54. The van der Waals surface area contributed by atoms with Gasteiger partial charge in [-0.05, 0) is 0 Å². The largest absolute Gasteiger partial charge is 0.453 e. The van der Waals surface area contributed by atoms with E-state index in [4.69, 9.17) is 11.6 Å². The van der Waals surface area contributed by atoms with E-state index in [2.05, 4.69) is 11.3 Å². The van der Waals surface area contributed by atoms with Gasteiger partial charge in [0.15, 0.2) is 0 Å². The lowest BCUT2D eigenvalue weighted by atomic mass is 10.6. The Morgan fingerprint density at radius 1 is 1.60 bits per heavy atom. The second kappa shape index (κ2) is 3.90. The van der Waals surface area contributed by atoms with Gasteiger partial charge in [0.25, 0.3) is 5.91 Å². The number of hydrogen-bond acceptors (Lipinski definition) is 3. The first kappa shape index (κ1) is 8.97. The summed E-state index contributed by atoms with van der Waals surface area (Å²) in [5.41, 5.74) is 0. The zero-order valence-electron chi connectivity index (χ0n) is 5.31. The first-order chi connectivity index (χ1) is 4.57. The average molecular weight is 164 g/mol.